The van der Waals surface area contributed by atoms with Gasteiger partial charge in [0.1, 0.15) is 22.4 Å². The number of halogens is 1. The summed E-state index contributed by atoms with van der Waals surface area (Å²) in [4.78, 5) is 10.2. The molecule has 0 aliphatic heterocycles. The van der Waals surface area contributed by atoms with Gasteiger partial charge in [0.25, 0.3) is 0 Å². The molecule has 16 heavy (non-hydrogen) atoms. The molecule has 0 amide bonds. The minimum atomic E-state index is 0.102. The van der Waals surface area contributed by atoms with Crippen molar-refractivity contribution >= 4 is 27.6 Å². The van der Waals surface area contributed by atoms with E-state index < -0.39 is 0 Å². The van der Waals surface area contributed by atoms with Crippen LogP contribution < -0.4 is 10.2 Å². The molecule has 0 aliphatic carbocycles. The minimum Gasteiger partial charge on any atom is -0.395 e. The summed E-state index contributed by atoms with van der Waals surface area (Å²) < 4.78 is 0.833. The number of nitrogens with zero attached hydrogens (tertiary/aromatic N) is 3. The lowest BCUT2D eigenvalue weighted by molar-refractivity contribution is 0.304. The fraction of sp³-hybridized carbons (Fsp3) is 0.600. The Hall–Kier alpha value is -0.880. The largest absolute Gasteiger partial charge is 0.395 e. The van der Waals surface area contributed by atoms with Crippen molar-refractivity contribution < 1.29 is 5.11 Å². The van der Waals surface area contributed by atoms with Crippen LogP contribution in [0.2, 0.25) is 0 Å². The summed E-state index contributed by atoms with van der Waals surface area (Å²) in [5, 5.41) is 12.1. The van der Waals surface area contributed by atoms with E-state index in [4.69, 9.17) is 5.11 Å². The van der Waals surface area contributed by atoms with E-state index in [0.29, 0.717) is 6.54 Å². The molecule has 1 rings (SSSR count). The van der Waals surface area contributed by atoms with Crippen LogP contribution >= 0.6 is 15.9 Å². The van der Waals surface area contributed by atoms with Crippen molar-refractivity contribution in [1.29, 1.82) is 0 Å². The van der Waals surface area contributed by atoms with Crippen LogP contribution in [0.5, 0.6) is 0 Å². The Kier molecular flexibility index (Phi) is 5.48. The monoisotopic (exact) mass is 288 g/mol. The first-order chi connectivity index (χ1) is 7.70. The van der Waals surface area contributed by atoms with Gasteiger partial charge in [-0.3, -0.25) is 0 Å². The lowest BCUT2D eigenvalue weighted by Crippen LogP contribution is -2.23. The highest BCUT2D eigenvalue weighted by atomic mass is 79.9. The van der Waals surface area contributed by atoms with Crippen LogP contribution in [0.3, 0.4) is 0 Å². The number of likely N-dealkylation sites (N-methyl/N-ethyl adjacent to an activating group) is 1. The number of aliphatic hydroxyl groups is 1. The molecule has 0 aliphatic rings. The molecular weight excluding hydrogens is 272 g/mol. The molecule has 0 radical (unpaired) electrons. The van der Waals surface area contributed by atoms with Crippen LogP contribution in [-0.4, -0.2) is 41.8 Å². The fourth-order valence-corrected chi connectivity index (χ4v) is 1.90. The predicted octanol–water partition coefficient (Wildman–Crippen LogP) is 1.49. The van der Waals surface area contributed by atoms with Crippen molar-refractivity contribution in [3.05, 3.63) is 10.8 Å². The summed E-state index contributed by atoms with van der Waals surface area (Å²) in [5.74, 6) is 1.57. The molecule has 0 saturated heterocycles. The van der Waals surface area contributed by atoms with Crippen molar-refractivity contribution in [1.82, 2.24) is 9.97 Å². The van der Waals surface area contributed by atoms with Gasteiger partial charge in [0, 0.05) is 20.1 Å². The lowest BCUT2D eigenvalue weighted by atomic mass is 10.4. The van der Waals surface area contributed by atoms with E-state index in [1.54, 1.807) is 0 Å². The summed E-state index contributed by atoms with van der Waals surface area (Å²) in [6.07, 6.45) is 2.56. The molecule has 0 saturated carbocycles. The van der Waals surface area contributed by atoms with Crippen LogP contribution in [0, 0.1) is 0 Å². The van der Waals surface area contributed by atoms with Crippen molar-refractivity contribution in [2.75, 3.05) is 37.0 Å². The van der Waals surface area contributed by atoms with Crippen LogP contribution in [0.15, 0.2) is 10.8 Å². The van der Waals surface area contributed by atoms with E-state index in [-0.39, 0.29) is 6.61 Å². The molecule has 6 heteroatoms. The average molecular weight is 289 g/mol. The van der Waals surface area contributed by atoms with E-state index in [1.165, 1.54) is 6.33 Å². The number of anilines is 2. The van der Waals surface area contributed by atoms with Crippen LogP contribution in [0.1, 0.15) is 13.3 Å². The maximum absolute atomic E-state index is 8.88. The molecule has 1 heterocycles. The summed E-state index contributed by atoms with van der Waals surface area (Å²) in [6, 6.07) is 0. The summed E-state index contributed by atoms with van der Waals surface area (Å²) in [7, 11) is 1.88. The molecule has 0 atom stereocenters. The second-order valence-electron chi connectivity index (χ2n) is 3.43. The van der Waals surface area contributed by atoms with Gasteiger partial charge < -0.3 is 15.3 Å². The number of rotatable bonds is 6. The molecule has 2 N–H and O–H groups in total. The maximum Gasteiger partial charge on any atom is 0.148 e. The highest BCUT2D eigenvalue weighted by Gasteiger charge is 2.11. The molecule has 0 unspecified atom stereocenters. The Morgan fingerprint density at radius 3 is 2.88 bits per heavy atom. The molecule has 1 aromatic rings. The van der Waals surface area contributed by atoms with E-state index >= 15 is 0 Å². The van der Waals surface area contributed by atoms with E-state index in [9.17, 15) is 0 Å². The zero-order valence-corrected chi connectivity index (χ0v) is 11.2. The van der Waals surface area contributed by atoms with Crippen molar-refractivity contribution in [3.8, 4) is 0 Å². The first-order valence-corrected chi connectivity index (χ1v) is 6.06. The van der Waals surface area contributed by atoms with Gasteiger partial charge in [-0.05, 0) is 22.4 Å². The van der Waals surface area contributed by atoms with Gasteiger partial charge >= 0.3 is 0 Å². The Morgan fingerprint density at radius 2 is 2.25 bits per heavy atom. The first-order valence-electron chi connectivity index (χ1n) is 5.27. The zero-order valence-electron chi connectivity index (χ0n) is 9.57. The summed E-state index contributed by atoms with van der Waals surface area (Å²) >= 11 is 3.47. The quantitative estimate of drug-likeness (QED) is 0.831. The Labute approximate surface area is 104 Å². The predicted molar refractivity (Wildman–Crippen MR) is 68.9 cm³/mol. The maximum atomic E-state index is 8.88. The van der Waals surface area contributed by atoms with Gasteiger partial charge in [-0.15, -0.1) is 0 Å². The number of hydrogen-bond acceptors (Lipinski definition) is 5. The Bertz CT molecular complexity index is 335. The lowest BCUT2D eigenvalue weighted by Gasteiger charge is -2.19. The van der Waals surface area contributed by atoms with Gasteiger partial charge in [0.05, 0.1) is 6.61 Å². The molecule has 0 fully saturated rings. The summed E-state index contributed by atoms with van der Waals surface area (Å²) in [6.45, 7) is 3.62. The molecule has 5 nitrogen and oxygen atoms in total. The average Bonchev–Trinajstić information content (AvgIpc) is 2.28. The third-order valence-corrected chi connectivity index (χ3v) is 2.84. The number of nitrogens with one attached hydrogen (secondary N) is 1. The topological polar surface area (TPSA) is 61.3 Å². The molecule has 1 aromatic heterocycles. The highest BCUT2D eigenvalue weighted by Crippen LogP contribution is 2.28. The number of aromatic nitrogens is 2. The zero-order chi connectivity index (χ0) is 12.0. The second kappa shape index (κ2) is 6.65. The SMILES string of the molecule is CCCNc1ncnc(N(C)CCO)c1Br. The number of aliphatic hydroxyl groups excluding tert-OH is 1. The van der Waals surface area contributed by atoms with Gasteiger partial charge in [0.15, 0.2) is 0 Å². The molecule has 0 spiro atoms. The number of hydrogen-bond donors (Lipinski definition) is 2. The smallest absolute Gasteiger partial charge is 0.148 e. The van der Waals surface area contributed by atoms with Gasteiger partial charge in [-0.1, -0.05) is 6.92 Å². The third-order valence-electron chi connectivity index (χ3n) is 2.11. The molecule has 0 aromatic carbocycles. The molecule has 90 valence electrons. The third kappa shape index (κ3) is 3.31. The highest BCUT2D eigenvalue weighted by molar-refractivity contribution is 9.10. The summed E-state index contributed by atoms with van der Waals surface area (Å²) in [5.41, 5.74) is 0. The van der Waals surface area contributed by atoms with E-state index in [2.05, 4.69) is 38.1 Å². The van der Waals surface area contributed by atoms with Crippen LogP contribution in [-0.2, 0) is 0 Å². The Balaban J connectivity index is 2.85. The van der Waals surface area contributed by atoms with E-state index in [1.807, 2.05) is 11.9 Å². The molecule has 0 bridgehead atoms. The van der Waals surface area contributed by atoms with Crippen molar-refractivity contribution in [2.24, 2.45) is 0 Å². The molecular formula is C10H17BrN4O. The van der Waals surface area contributed by atoms with Gasteiger partial charge in [-0.2, -0.15) is 0 Å². The normalized spacial score (nSPS) is 10.2. The van der Waals surface area contributed by atoms with Crippen LogP contribution in [0.25, 0.3) is 0 Å². The fourth-order valence-electron chi connectivity index (χ4n) is 1.25. The Morgan fingerprint density at radius 1 is 1.50 bits per heavy atom. The van der Waals surface area contributed by atoms with Gasteiger partial charge in [0.2, 0.25) is 0 Å². The first kappa shape index (κ1) is 13.2. The van der Waals surface area contributed by atoms with E-state index in [0.717, 1.165) is 29.1 Å². The van der Waals surface area contributed by atoms with Crippen molar-refractivity contribution in [2.45, 2.75) is 13.3 Å². The minimum absolute atomic E-state index is 0.102. The standard InChI is InChI=1S/C10H17BrN4O/c1-3-4-12-9-8(11)10(14-7-13-9)15(2)5-6-16/h7,16H,3-6H2,1-2H3,(H,12,13,14). The van der Waals surface area contributed by atoms with Gasteiger partial charge in [-0.25, -0.2) is 9.97 Å². The van der Waals surface area contributed by atoms with Crippen molar-refractivity contribution in [3.63, 3.8) is 0 Å². The second-order valence-corrected chi connectivity index (χ2v) is 4.22. The van der Waals surface area contributed by atoms with Crippen LogP contribution in [0.4, 0.5) is 11.6 Å².